The Morgan fingerprint density at radius 1 is 1.19 bits per heavy atom. The molecule has 6 nitrogen and oxygen atoms in total. The molecule has 0 saturated heterocycles. The van der Waals surface area contributed by atoms with E-state index in [1.165, 1.54) is 25.3 Å². The molecule has 1 atom stereocenters. The first kappa shape index (κ1) is 23.1. The number of benzene rings is 2. The summed E-state index contributed by atoms with van der Waals surface area (Å²) in [5.41, 5.74) is 1.92. The van der Waals surface area contributed by atoms with Crippen molar-refractivity contribution in [1.29, 1.82) is 5.26 Å². The van der Waals surface area contributed by atoms with Gasteiger partial charge in [-0.1, -0.05) is 60.3 Å². The number of nitriles is 1. The van der Waals surface area contributed by atoms with Gasteiger partial charge in [0.1, 0.15) is 5.82 Å². The number of esters is 1. The summed E-state index contributed by atoms with van der Waals surface area (Å²) in [5, 5.41) is 16.2. The highest BCUT2D eigenvalue weighted by atomic mass is 32.2. The molecule has 8 heteroatoms. The summed E-state index contributed by atoms with van der Waals surface area (Å²) in [7, 11) is 1.23. The van der Waals surface area contributed by atoms with Crippen molar-refractivity contribution in [2.75, 3.05) is 12.9 Å². The van der Waals surface area contributed by atoms with Crippen molar-refractivity contribution in [2.45, 2.75) is 19.4 Å². The third-order valence-corrected chi connectivity index (χ3v) is 5.97. The number of nitrogens with zero attached hydrogens (tertiary/aromatic N) is 1. The first-order chi connectivity index (χ1) is 15.5. The van der Waals surface area contributed by atoms with Crippen LogP contribution in [0.4, 0.5) is 4.39 Å². The lowest BCUT2D eigenvalue weighted by Crippen LogP contribution is -2.30. The number of allylic oxidation sites excluding steroid dienone is 2. The van der Waals surface area contributed by atoms with Gasteiger partial charge in [-0.2, -0.15) is 5.26 Å². The number of methoxy groups -OCH3 is 1. The van der Waals surface area contributed by atoms with Crippen molar-refractivity contribution >= 4 is 23.6 Å². The van der Waals surface area contributed by atoms with Gasteiger partial charge in [0.2, 0.25) is 5.91 Å². The van der Waals surface area contributed by atoms with Gasteiger partial charge in [-0.25, -0.2) is 9.18 Å². The van der Waals surface area contributed by atoms with Crippen LogP contribution in [0.3, 0.4) is 0 Å². The van der Waals surface area contributed by atoms with Crippen LogP contribution in [-0.4, -0.2) is 24.7 Å². The lowest BCUT2D eigenvalue weighted by atomic mass is 9.82. The Hall–Kier alpha value is -3.57. The average molecular weight is 452 g/mol. The van der Waals surface area contributed by atoms with Crippen LogP contribution in [0, 0.1) is 17.1 Å². The maximum absolute atomic E-state index is 14.7. The minimum absolute atomic E-state index is 0.0468. The fourth-order valence-corrected chi connectivity index (χ4v) is 4.33. The molecule has 0 bridgehead atoms. The fraction of sp³-hybridized carbons (Fsp3) is 0.208. The number of hydrogen-bond acceptors (Lipinski definition) is 6. The number of halogens is 1. The number of hydrogen-bond donors (Lipinski definition) is 2. The second-order valence-corrected chi connectivity index (χ2v) is 8.00. The molecule has 2 N–H and O–H groups in total. The van der Waals surface area contributed by atoms with Gasteiger partial charge in [0, 0.05) is 17.8 Å². The molecule has 0 saturated carbocycles. The molecular formula is C24H22FN3O3S. The van der Waals surface area contributed by atoms with Crippen molar-refractivity contribution in [2.24, 2.45) is 0 Å². The molecule has 1 heterocycles. The quantitative estimate of drug-likeness (QED) is 0.623. The number of nitrogens with one attached hydrogen (secondary N) is 2. The van der Waals surface area contributed by atoms with E-state index in [1.807, 2.05) is 30.3 Å². The van der Waals surface area contributed by atoms with Gasteiger partial charge in [0.05, 0.1) is 41.0 Å². The van der Waals surface area contributed by atoms with Crippen LogP contribution in [0.2, 0.25) is 0 Å². The molecule has 32 heavy (non-hydrogen) atoms. The minimum Gasteiger partial charge on any atom is -0.466 e. The van der Waals surface area contributed by atoms with E-state index in [-0.39, 0.29) is 28.4 Å². The van der Waals surface area contributed by atoms with Gasteiger partial charge in [-0.3, -0.25) is 4.79 Å². The van der Waals surface area contributed by atoms with Gasteiger partial charge in [-0.05, 0) is 18.6 Å². The van der Waals surface area contributed by atoms with E-state index in [0.29, 0.717) is 17.3 Å². The molecule has 1 aliphatic heterocycles. The zero-order valence-corrected chi connectivity index (χ0v) is 18.5. The van der Waals surface area contributed by atoms with E-state index in [9.17, 15) is 19.2 Å². The van der Waals surface area contributed by atoms with Crippen LogP contribution in [0.5, 0.6) is 0 Å². The van der Waals surface area contributed by atoms with Crippen LogP contribution < -0.4 is 10.6 Å². The number of amides is 1. The van der Waals surface area contributed by atoms with Crippen molar-refractivity contribution in [3.05, 3.63) is 93.4 Å². The zero-order chi connectivity index (χ0) is 23.1. The van der Waals surface area contributed by atoms with E-state index in [4.69, 9.17) is 4.74 Å². The Labute approximate surface area is 190 Å². The van der Waals surface area contributed by atoms with Crippen LogP contribution in [0.25, 0.3) is 0 Å². The van der Waals surface area contributed by atoms with E-state index in [2.05, 4.69) is 16.7 Å². The monoisotopic (exact) mass is 451 g/mol. The smallest absolute Gasteiger partial charge is 0.336 e. The van der Waals surface area contributed by atoms with Crippen molar-refractivity contribution in [3.8, 4) is 6.07 Å². The number of carbonyl (C=O) groups is 2. The van der Waals surface area contributed by atoms with Gasteiger partial charge < -0.3 is 15.4 Å². The Morgan fingerprint density at radius 3 is 2.53 bits per heavy atom. The number of thioether (sulfide) groups is 1. The highest BCUT2D eigenvalue weighted by Gasteiger charge is 2.36. The van der Waals surface area contributed by atoms with E-state index >= 15 is 0 Å². The van der Waals surface area contributed by atoms with Crippen LogP contribution in [-0.2, 0) is 20.9 Å². The van der Waals surface area contributed by atoms with Gasteiger partial charge in [0.25, 0.3) is 0 Å². The summed E-state index contributed by atoms with van der Waals surface area (Å²) in [5.74, 6) is -2.30. The first-order valence-electron chi connectivity index (χ1n) is 9.84. The number of dihydropyridines is 1. The topological polar surface area (TPSA) is 91.2 Å². The Balaban J connectivity index is 1.85. The van der Waals surface area contributed by atoms with Crippen molar-refractivity contribution in [3.63, 3.8) is 0 Å². The Kier molecular flexibility index (Phi) is 7.68. The largest absolute Gasteiger partial charge is 0.466 e. The Morgan fingerprint density at radius 2 is 1.88 bits per heavy atom. The normalized spacial score (nSPS) is 15.6. The molecule has 2 aromatic carbocycles. The first-order valence-corrected chi connectivity index (χ1v) is 10.8. The standard InChI is InChI=1S/C24H22FN3O3S/c1-15-21(24(30)31-2)22(17-10-6-7-11-19(17)25)18(12-26)23(28-15)32-14-20(29)27-13-16-8-4-3-5-9-16/h3-11,22,28H,13-14H2,1-2H3,(H,27,29). The van der Waals surface area contributed by atoms with Crippen LogP contribution in [0.1, 0.15) is 24.0 Å². The summed E-state index contributed by atoms with van der Waals surface area (Å²) < 4.78 is 19.5. The van der Waals surface area contributed by atoms with E-state index < -0.39 is 17.7 Å². The molecule has 1 amide bonds. The second kappa shape index (κ2) is 10.6. The molecule has 2 aromatic rings. The molecule has 0 spiro atoms. The predicted octanol–water partition coefficient (Wildman–Crippen LogP) is 3.74. The summed E-state index contributed by atoms with van der Waals surface area (Å²) in [6.45, 7) is 2.05. The Bertz CT molecular complexity index is 1120. The third-order valence-electron chi connectivity index (χ3n) is 4.95. The van der Waals surface area contributed by atoms with Crippen molar-refractivity contribution < 1.29 is 18.7 Å². The number of rotatable bonds is 7. The summed E-state index contributed by atoms with van der Waals surface area (Å²) >= 11 is 1.13. The highest BCUT2D eigenvalue weighted by molar-refractivity contribution is 8.03. The second-order valence-electron chi connectivity index (χ2n) is 7.02. The lowest BCUT2D eigenvalue weighted by Gasteiger charge is -2.29. The van der Waals surface area contributed by atoms with Gasteiger partial charge >= 0.3 is 5.97 Å². The number of carbonyl (C=O) groups excluding carboxylic acids is 2. The molecule has 164 valence electrons. The molecule has 0 aromatic heterocycles. The van der Waals surface area contributed by atoms with Crippen molar-refractivity contribution in [1.82, 2.24) is 10.6 Å². The van der Waals surface area contributed by atoms with Crippen LogP contribution >= 0.6 is 11.8 Å². The predicted molar refractivity (Wildman–Crippen MR) is 120 cm³/mol. The third kappa shape index (κ3) is 5.18. The average Bonchev–Trinajstić information content (AvgIpc) is 2.81. The molecule has 0 radical (unpaired) electrons. The minimum atomic E-state index is -0.940. The summed E-state index contributed by atoms with van der Waals surface area (Å²) in [6.07, 6.45) is 0. The molecular weight excluding hydrogens is 429 g/mol. The summed E-state index contributed by atoms with van der Waals surface area (Å²) in [6, 6.07) is 17.6. The number of ether oxygens (including phenoxy) is 1. The van der Waals surface area contributed by atoms with Crippen LogP contribution in [0.15, 0.2) is 76.5 Å². The molecule has 0 fully saturated rings. The van der Waals surface area contributed by atoms with E-state index in [0.717, 1.165) is 17.3 Å². The maximum Gasteiger partial charge on any atom is 0.336 e. The molecule has 1 aliphatic rings. The molecule has 1 unspecified atom stereocenters. The zero-order valence-electron chi connectivity index (χ0n) is 17.6. The molecule has 0 aliphatic carbocycles. The lowest BCUT2D eigenvalue weighted by molar-refractivity contribution is -0.136. The fourth-order valence-electron chi connectivity index (χ4n) is 3.41. The maximum atomic E-state index is 14.7. The SMILES string of the molecule is COC(=O)C1=C(C)NC(SCC(=O)NCc2ccccc2)=C(C#N)C1c1ccccc1F. The molecule has 3 rings (SSSR count). The highest BCUT2D eigenvalue weighted by Crippen LogP contribution is 2.41. The summed E-state index contributed by atoms with van der Waals surface area (Å²) in [4.78, 5) is 24.8. The van der Waals surface area contributed by atoms with Gasteiger partial charge in [-0.15, -0.1) is 0 Å². The van der Waals surface area contributed by atoms with Gasteiger partial charge in [0.15, 0.2) is 0 Å². The van der Waals surface area contributed by atoms with E-state index in [1.54, 1.807) is 13.0 Å².